The molecular weight excluding hydrogens is 342 g/mol. The largest absolute Gasteiger partial charge is 0.343 e. The number of halogens is 6. The normalized spacial score (nSPS) is 13.6. The van der Waals surface area contributed by atoms with Crippen LogP contribution >= 0.6 is 0 Å². The van der Waals surface area contributed by atoms with Gasteiger partial charge >= 0.3 is 0 Å². The summed E-state index contributed by atoms with van der Waals surface area (Å²) < 4.78 is 75.4. The minimum atomic E-state index is -3.06. The Morgan fingerprint density at radius 3 is 1.67 bits per heavy atom. The van der Waals surface area contributed by atoms with E-state index in [1.807, 2.05) is 10.6 Å². The highest BCUT2D eigenvalue weighted by Crippen LogP contribution is 2.14. The van der Waals surface area contributed by atoms with E-state index in [-0.39, 0.29) is 18.7 Å². The fourth-order valence-corrected chi connectivity index (χ4v) is 1.50. The van der Waals surface area contributed by atoms with Gasteiger partial charge in [0.2, 0.25) is 11.9 Å². The number of anilines is 2. The topological polar surface area (TPSA) is 86.5 Å². The number of rotatable bonds is 10. The molecule has 0 radical (unpaired) electrons. The Balaban J connectivity index is 3.05. The SMILES string of the molecule is N#CCCc1nc(NC(CF)C(F)F)nc(NC(CF)C(F)F)n1. The molecule has 0 bridgehead atoms. The number of alkyl halides is 6. The Morgan fingerprint density at radius 2 is 1.33 bits per heavy atom. The van der Waals surface area contributed by atoms with Crippen LogP contribution in [-0.2, 0) is 6.42 Å². The van der Waals surface area contributed by atoms with E-state index in [1.54, 1.807) is 6.07 Å². The Morgan fingerprint density at radius 1 is 0.875 bits per heavy atom. The lowest BCUT2D eigenvalue weighted by atomic mass is 10.3. The van der Waals surface area contributed by atoms with E-state index >= 15 is 0 Å². The number of nitriles is 1. The number of aryl methyl sites for hydroxylation is 1. The molecule has 2 atom stereocenters. The molecule has 0 saturated carbocycles. The third kappa shape index (κ3) is 6.05. The summed E-state index contributed by atoms with van der Waals surface area (Å²) in [6.07, 6.45) is -6.19. The quantitative estimate of drug-likeness (QED) is 0.626. The van der Waals surface area contributed by atoms with Gasteiger partial charge in [-0.1, -0.05) is 0 Å². The van der Waals surface area contributed by atoms with Crippen LogP contribution in [0.15, 0.2) is 0 Å². The molecule has 0 aliphatic rings. The lowest BCUT2D eigenvalue weighted by Crippen LogP contribution is -2.33. The first-order valence-corrected chi connectivity index (χ1v) is 6.74. The first-order chi connectivity index (χ1) is 11.4. The zero-order valence-electron chi connectivity index (χ0n) is 12.2. The molecular formula is C12H14F6N6. The second-order valence-electron chi connectivity index (χ2n) is 4.54. The van der Waals surface area contributed by atoms with Gasteiger partial charge in [0.05, 0.1) is 6.07 Å². The zero-order valence-corrected chi connectivity index (χ0v) is 12.2. The number of nitrogens with one attached hydrogen (secondary N) is 2. The molecule has 6 nitrogen and oxygen atoms in total. The number of aromatic nitrogens is 3. The van der Waals surface area contributed by atoms with Crippen molar-refractivity contribution in [1.29, 1.82) is 5.26 Å². The fraction of sp³-hybridized carbons (Fsp3) is 0.667. The fourth-order valence-electron chi connectivity index (χ4n) is 1.50. The summed E-state index contributed by atoms with van der Waals surface area (Å²) in [5.74, 6) is -1.05. The standard InChI is InChI=1S/C12H14F6N6/c13-4-6(9(15)16)20-11-22-8(2-1-3-19)23-12(24-11)21-7(5-14)10(17)18/h6-7,9-10H,1-2,4-5H2,(H2,20,21,22,23,24). The number of hydrogen-bond acceptors (Lipinski definition) is 6. The van der Waals surface area contributed by atoms with E-state index < -0.39 is 50.2 Å². The molecule has 0 amide bonds. The summed E-state index contributed by atoms with van der Waals surface area (Å²) in [5.41, 5.74) is 0. The van der Waals surface area contributed by atoms with Crippen molar-refractivity contribution in [2.45, 2.75) is 37.8 Å². The van der Waals surface area contributed by atoms with E-state index in [2.05, 4.69) is 15.0 Å². The number of nitrogens with zero attached hydrogens (tertiary/aromatic N) is 4. The van der Waals surface area contributed by atoms with Crippen molar-refractivity contribution in [2.75, 3.05) is 24.0 Å². The molecule has 1 heterocycles. The molecule has 1 rings (SSSR count). The van der Waals surface area contributed by atoms with Crippen LogP contribution in [0.25, 0.3) is 0 Å². The van der Waals surface area contributed by atoms with Crippen molar-refractivity contribution in [3.63, 3.8) is 0 Å². The lowest BCUT2D eigenvalue weighted by Gasteiger charge is -2.17. The van der Waals surface area contributed by atoms with E-state index in [0.29, 0.717) is 0 Å². The zero-order chi connectivity index (χ0) is 18.1. The lowest BCUT2D eigenvalue weighted by molar-refractivity contribution is 0.112. The van der Waals surface area contributed by atoms with Crippen molar-refractivity contribution in [1.82, 2.24) is 15.0 Å². The molecule has 24 heavy (non-hydrogen) atoms. The van der Waals surface area contributed by atoms with Gasteiger partial charge in [0, 0.05) is 12.8 Å². The van der Waals surface area contributed by atoms with Crippen molar-refractivity contribution >= 4 is 11.9 Å². The molecule has 0 aliphatic carbocycles. The molecule has 0 saturated heterocycles. The summed E-state index contributed by atoms with van der Waals surface area (Å²) in [6.45, 7) is -2.85. The van der Waals surface area contributed by atoms with Crippen LogP contribution < -0.4 is 10.6 Å². The van der Waals surface area contributed by atoms with Gasteiger partial charge in [0.15, 0.2) is 0 Å². The van der Waals surface area contributed by atoms with Crippen molar-refractivity contribution in [2.24, 2.45) is 0 Å². The van der Waals surface area contributed by atoms with Gasteiger partial charge in [-0.05, 0) is 0 Å². The molecule has 0 aliphatic heterocycles. The maximum absolute atomic E-state index is 12.6. The highest BCUT2D eigenvalue weighted by Gasteiger charge is 2.24. The maximum atomic E-state index is 12.6. The monoisotopic (exact) mass is 356 g/mol. The summed E-state index contributed by atoms with van der Waals surface area (Å²) in [7, 11) is 0. The third-order valence-electron chi connectivity index (χ3n) is 2.71. The molecule has 0 fully saturated rings. The molecule has 2 N–H and O–H groups in total. The second kappa shape index (κ2) is 9.74. The predicted octanol–water partition coefficient (Wildman–Crippen LogP) is 2.36. The highest BCUT2D eigenvalue weighted by atomic mass is 19.3. The van der Waals surface area contributed by atoms with E-state index in [0.717, 1.165) is 0 Å². The highest BCUT2D eigenvalue weighted by molar-refractivity contribution is 5.36. The summed E-state index contributed by atoms with van der Waals surface area (Å²) >= 11 is 0. The summed E-state index contributed by atoms with van der Waals surface area (Å²) in [4.78, 5) is 11.0. The Hall–Kier alpha value is -2.32. The van der Waals surface area contributed by atoms with Crippen LogP contribution in [-0.4, -0.2) is 53.2 Å². The average Bonchev–Trinajstić information content (AvgIpc) is 2.54. The van der Waals surface area contributed by atoms with Crippen LogP contribution in [0.4, 0.5) is 38.2 Å². The first kappa shape index (κ1) is 19.7. The smallest absolute Gasteiger partial charge is 0.261 e. The van der Waals surface area contributed by atoms with Gasteiger partial charge in [-0.3, -0.25) is 0 Å². The van der Waals surface area contributed by atoms with Gasteiger partial charge in [0.1, 0.15) is 31.3 Å². The summed E-state index contributed by atoms with van der Waals surface area (Å²) in [5, 5.41) is 12.6. The van der Waals surface area contributed by atoms with Gasteiger partial charge in [0.25, 0.3) is 12.9 Å². The van der Waals surface area contributed by atoms with Gasteiger partial charge in [-0.2, -0.15) is 20.2 Å². The second-order valence-corrected chi connectivity index (χ2v) is 4.54. The molecule has 1 aromatic heterocycles. The maximum Gasteiger partial charge on any atom is 0.261 e. The first-order valence-electron chi connectivity index (χ1n) is 6.74. The van der Waals surface area contributed by atoms with E-state index in [9.17, 15) is 26.3 Å². The van der Waals surface area contributed by atoms with E-state index in [1.165, 1.54) is 0 Å². The molecule has 0 spiro atoms. The Labute approximate surface area is 133 Å². The minimum absolute atomic E-state index is 0.0215. The van der Waals surface area contributed by atoms with Crippen LogP contribution in [0.3, 0.4) is 0 Å². The van der Waals surface area contributed by atoms with Crippen LogP contribution in [0.5, 0.6) is 0 Å². The molecule has 2 unspecified atom stereocenters. The Kier molecular flexibility index (Phi) is 8.00. The summed E-state index contributed by atoms with van der Waals surface area (Å²) in [6, 6.07) is -2.02. The minimum Gasteiger partial charge on any atom is -0.343 e. The van der Waals surface area contributed by atoms with E-state index in [4.69, 9.17) is 5.26 Å². The van der Waals surface area contributed by atoms with Gasteiger partial charge < -0.3 is 10.6 Å². The molecule has 134 valence electrons. The van der Waals surface area contributed by atoms with Gasteiger partial charge in [-0.25, -0.2) is 26.3 Å². The van der Waals surface area contributed by atoms with Crippen molar-refractivity contribution in [3.05, 3.63) is 5.82 Å². The third-order valence-corrected chi connectivity index (χ3v) is 2.71. The molecule has 1 aromatic rings. The van der Waals surface area contributed by atoms with Crippen molar-refractivity contribution in [3.8, 4) is 6.07 Å². The van der Waals surface area contributed by atoms with Crippen LogP contribution in [0.2, 0.25) is 0 Å². The molecule has 12 heteroatoms. The predicted molar refractivity (Wildman–Crippen MR) is 72.5 cm³/mol. The van der Waals surface area contributed by atoms with Gasteiger partial charge in [-0.15, -0.1) is 0 Å². The van der Waals surface area contributed by atoms with Crippen LogP contribution in [0.1, 0.15) is 12.2 Å². The van der Waals surface area contributed by atoms with Crippen LogP contribution in [0, 0.1) is 11.3 Å². The molecule has 0 aromatic carbocycles. The van der Waals surface area contributed by atoms with Crippen molar-refractivity contribution < 1.29 is 26.3 Å². The Bertz CT molecular complexity index is 515. The number of hydrogen-bond donors (Lipinski definition) is 2. The average molecular weight is 356 g/mol.